The van der Waals surface area contributed by atoms with Crippen molar-refractivity contribution in [3.05, 3.63) is 0 Å². The molecule has 1 N–H and O–H groups in total. The highest BCUT2D eigenvalue weighted by Gasteiger charge is 2.20. The molecule has 0 aromatic heterocycles. The second kappa shape index (κ2) is 14.5. The van der Waals surface area contributed by atoms with Crippen LogP contribution in [0.15, 0.2) is 0 Å². The van der Waals surface area contributed by atoms with Crippen molar-refractivity contribution in [2.45, 2.75) is 108 Å². The van der Waals surface area contributed by atoms with Crippen molar-refractivity contribution in [1.82, 2.24) is 0 Å². The lowest BCUT2D eigenvalue weighted by Gasteiger charge is -2.23. The molecule has 2 atom stereocenters. The zero-order chi connectivity index (χ0) is 19.1. The zero-order valence-electron chi connectivity index (χ0n) is 15.5. The van der Waals surface area contributed by atoms with Gasteiger partial charge in [-0.2, -0.15) is 0 Å². The normalized spacial score (nSPS) is 14.4. The van der Waals surface area contributed by atoms with Crippen LogP contribution in [0.5, 0.6) is 0 Å². The van der Waals surface area contributed by atoms with Crippen LogP contribution in [-0.2, 0) is 14.9 Å². The van der Waals surface area contributed by atoms with Crippen LogP contribution >= 0.6 is 0 Å². The van der Waals surface area contributed by atoms with Gasteiger partial charge < -0.3 is 19.6 Å². The number of carbonyl (C=O) groups excluding carboxylic acids is 1. The Hall–Kier alpha value is -0.660. The molecule has 0 aliphatic rings. The molecule has 25 heavy (non-hydrogen) atoms. The van der Waals surface area contributed by atoms with E-state index in [-0.39, 0.29) is 12.8 Å². The number of hydrogen-bond donors (Lipinski definition) is 1. The first-order valence-electron chi connectivity index (χ1n) is 9.60. The summed E-state index contributed by atoms with van der Waals surface area (Å²) in [5.74, 6) is -1.06. The minimum absolute atomic E-state index is 0.000159. The maximum absolute atomic E-state index is 11.4. The molecular formula is C18H34O6S-2. The predicted molar refractivity (Wildman–Crippen MR) is 94.8 cm³/mol. The quantitative estimate of drug-likeness (QED) is 0.307. The molecule has 0 aliphatic carbocycles. The van der Waals surface area contributed by atoms with Crippen LogP contribution < -0.4 is 5.11 Å². The first kappa shape index (κ1) is 24.3. The molecule has 6 nitrogen and oxygen atoms in total. The van der Waals surface area contributed by atoms with Gasteiger partial charge in [-0.1, -0.05) is 64.7 Å². The van der Waals surface area contributed by atoms with E-state index in [0.29, 0.717) is 32.1 Å². The molecule has 2 unspecified atom stereocenters. The lowest BCUT2D eigenvalue weighted by Crippen LogP contribution is -2.26. The first-order valence-corrected chi connectivity index (χ1v) is 11.1. The monoisotopic (exact) mass is 378 g/mol. The van der Waals surface area contributed by atoms with Gasteiger partial charge in [0.05, 0.1) is 21.5 Å². The first-order chi connectivity index (χ1) is 11.8. The fourth-order valence-electron chi connectivity index (χ4n) is 2.96. The summed E-state index contributed by atoms with van der Waals surface area (Å²) < 4.78 is 34.2. The van der Waals surface area contributed by atoms with Gasteiger partial charge in [0.15, 0.2) is 0 Å². The Morgan fingerprint density at radius 3 is 2.00 bits per heavy atom. The largest absolute Gasteiger partial charge is 0.748 e. The molecule has 0 aliphatic heterocycles. The summed E-state index contributed by atoms with van der Waals surface area (Å²) in [7, 11) is -4.39. The highest BCUT2D eigenvalue weighted by Crippen LogP contribution is 2.19. The highest BCUT2D eigenvalue weighted by molar-refractivity contribution is 7.86. The molecule has 0 saturated heterocycles. The van der Waals surface area contributed by atoms with Gasteiger partial charge in [0.2, 0.25) is 0 Å². The maximum Gasteiger partial charge on any atom is 0.0976 e. The maximum atomic E-state index is 11.4. The lowest BCUT2D eigenvalue weighted by atomic mass is 10.0. The number of carbonyl (C=O) groups is 1. The van der Waals surface area contributed by atoms with E-state index in [1.54, 1.807) is 0 Å². The summed E-state index contributed by atoms with van der Waals surface area (Å²) in [5, 5.41) is 19.3. The summed E-state index contributed by atoms with van der Waals surface area (Å²) >= 11 is 0. The summed E-state index contributed by atoms with van der Waals surface area (Å²) in [6, 6.07) is 0. The van der Waals surface area contributed by atoms with E-state index in [2.05, 4.69) is 6.92 Å². The fraction of sp³-hybridized carbons (Fsp3) is 0.944. The molecular weight excluding hydrogens is 344 g/mol. The summed E-state index contributed by atoms with van der Waals surface area (Å²) in [6.07, 6.45) is 8.87. The van der Waals surface area contributed by atoms with Crippen LogP contribution in [0.3, 0.4) is 0 Å². The molecule has 0 saturated carbocycles. The molecule has 0 heterocycles. The van der Waals surface area contributed by atoms with Crippen molar-refractivity contribution in [2.24, 2.45) is 0 Å². The van der Waals surface area contributed by atoms with Crippen LogP contribution in [0.25, 0.3) is 0 Å². The minimum Gasteiger partial charge on any atom is -0.748 e. The van der Waals surface area contributed by atoms with Crippen LogP contribution in [-0.4, -0.2) is 35.4 Å². The Bertz CT molecular complexity index is 435. The van der Waals surface area contributed by atoms with Crippen LogP contribution in [0.1, 0.15) is 96.8 Å². The van der Waals surface area contributed by atoms with Gasteiger partial charge in [-0.25, -0.2) is 8.42 Å². The van der Waals surface area contributed by atoms with Gasteiger partial charge >= 0.3 is 0 Å². The summed E-state index contributed by atoms with van der Waals surface area (Å²) in [4.78, 5) is 10.3. The third-order valence-electron chi connectivity index (χ3n) is 4.49. The topological polar surface area (TPSA) is 118 Å². The van der Waals surface area contributed by atoms with Crippen molar-refractivity contribution in [2.75, 3.05) is 0 Å². The van der Waals surface area contributed by atoms with E-state index in [1.807, 2.05) is 0 Å². The van der Waals surface area contributed by atoms with E-state index in [1.165, 1.54) is 6.42 Å². The number of rotatable bonds is 17. The standard InChI is InChI=1S/C18H36O6S/c1-2-3-4-5-6-10-13-17(25(22,23)24)15-16(19)12-9-7-8-11-14-18(20)21/h16-17,19H,2-15H2,1H3,(H,20,21)(H,22,23,24)/p-2. The van der Waals surface area contributed by atoms with Crippen molar-refractivity contribution in [1.29, 1.82) is 0 Å². The zero-order valence-corrected chi connectivity index (χ0v) is 16.3. The number of carboxylic acids is 1. The summed E-state index contributed by atoms with van der Waals surface area (Å²) in [5.41, 5.74) is 0. The van der Waals surface area contributed by atoms with Gasteiger partial charge in [0.25, 0.3) is 0 Å². The third-order valence-corrected chi connectivity index (χ3v) is 5.74. The second-order valence-electron chi connectivity index (χ2n) is 6.89. The Kier molecular flexibility index (Phi) is 14.1. The van der Waals surface area contributed by atoms with Gasteiger partial charge in [0, 0.05) is 5.97 Å². The van der Waals surface area contributed by atoms with Crippen LogP contribution in [0, 0.1) is 0 Å². The van der Waals surface area contributed by atoms with Crippen molar-refractivity contribution < 1.29 is 28.0 Å². The van der Waals surface area contributed by atoms with Crippen LogP contribution in [0.2, 0.25) is 0 Å². The number of carboxylic acid groups (broad SMARTS) is 1. The predicted octanol–water partition coefficient (Wildman–Crippen LogP) is 2.49. The van der Waals surface area contributed by atoms with Gasteiger partial charge in [0.1, 0.15) is 0 Å². The summed E-state index contributed by atoms with van der Waals surface area (Å²) in [6.45, 7) is 2.13. The second-order valence-corrected chi connectivity index (χ2v) is 8.54. The number of aliphatic carboxylic acids is 1. The Morgan fingerprint density at radius 2 is 1.44 bits per heavy atom. The smallest absolute Gasteiger partial charge is 0.0976 e. The van der Waals surface area contributed by atoms with Gasteiger partial charge in [-0.3, -0.25) is 0 Å². The molecule has 7 heteroatoms. The molecule has 0 bridgehead atoms. The number of hydrogen-bond acceptors (Lipinski definition) is 6. The molecule has 0 radical (unpaired) electrons. The van der Waals surface area contributed by atoms with Crippen molar-refractivity contribution >= 4 is 16.1 Å². The SMILES string of the molecule is CCCCCCCCC(CC(O)CCCCCCC(=O)[O-])S(=O)(=O)[O-]. The average molecular weight is 379 g/mol. The average Bonchev–Trinajstić information content (AvgIpc) is 2.51. The van der Waals surface area contributed by atoms with Crippen molar-refractivity contribution in [3.63, 3.8) is 0 Å². The molecule has 0 amide bonds. The van der Waals surface area contributed by atoms with E-state index in [4.69, 9.17) is 0 Å². The molecule has 150 valence electrons. The molecule has 0 aromatic carbocycles. The number of aliphatic hydroxyl groups excluding tert-OH is 1. The molecule has 0 aromatic rings. The van der Waals surface area contributed by atoms with Gasteiger partial charge in [-0.05, 0) is 32.1 Å². The third kappa shape index (κ3) is 15.3. The molecule has 0 rings (SSSR count). The fourth-order valence-corrected chi connectivity index (χ4v) is 3.87. The molecule has 0 fully saturated rings. The Balaban J connectivity index is 3.98. The van der Waals surface area contributed by atoms with E-state index in [0.717, 1.165) is 38.5 Å². The Morgan fingerprint density at radius 1 is 0.920 bits per heavy atom. The Labute approximate surface area is 152 Å². The van der Waals surface area contributed by atoms with Crippen molar-refractivity contribution in [3.8, 4) is 0 Å². The van der Waals surface area contributed by atoms with Gasteiger partial charge in [-0.15, -0.1) is 0 Å². The number of aliphatic hydroxyl groups is 1. The van der Waals surface area contributed by atoms with E-state index >= 15 is 0 Å². The number of unbranched alkanes of at least 4 members (excludes halogenated alkanes) is 8. The highest BCUT2D eigenvalue weighted by atomic mass is 32.2. The molecule has 0 spiro atoms. The van der Waals surface area contributed by atoms with E-state index in [9.17, 15) is 28.0 Å². The van der Waals surface area contributed by atoms with Crippen LogP contribution in [0.4, 0.5) is 0 Å². The lowest BCUT2D eigenvalue weighted by molar-refractivity contribution is -0.305. The minimum atomic E-state index is -4.39. The van der Waals surface area contributed by atoms with E-state index < -0.39 is 27.4 Å².